The van der Waals surface area contributed by atoms with Crippen molar-refractivity contribution in [3.8, 4) is 21.7 Å². The van der Waals surface area contributed by atoms with Gasteiger partial charge >= 0.3 is 0 Å². The zero-order chi connectivity index (χ0) is 24.8. The molecule has 0 unspecified atom stereocenters. The molecule has 35 heavy (non-hydrogen) atoms. The number of hydrogen-bond acceptors (Lipinski definition) is 4. The van der Waals surface area contributed by atoms with Crippen LogP contribution in [-0.2, 0) is 24.9 Å². The number of fused-ring (bicyclic) bond motifs is 1. The van der Waals surface area contributed by atoms with Crippen molar-refractivity contribution < 1.29 is 30.0 Å². The summed E-state index contributed by atoms with van der Waals surface area (Å²) < 4.78 is 1.23. The predicted octanol–water partition coefficient (Wildman–Crippen LogP) is 8.71. The van der Waals surface area contributed by atoms with Crippen LogP contribution in [0.2, 0.25) is 0 Å². The number of rotatable bonds is 5. The molecule has 0 aliphatic heterocycles. The maximum atomic E-state index is 10.0. The van der Waals surface area contributed by atoms with Gasteiger partial charge in [-0.15, -0.1) is 47.2 Å². The number of ketones is 1. The van der Waals surface area contributed by atoms with E-state index < -0.39 is 0 Å². The SMILES string of the molecule is CC(=O)/C=C(/C)O.CC(C)c1cc(-c2cc3cc(-c4[c-]cccc4)ncc3s2)cc(C(C)C)c1.[Ir]. The van der Waals surface area contributed by atoms with E-state index >= 15 is 0 Å². The first-order valence-corrected chi connectivity index (χ1v) is 12.4. The third-order valence-corrected chi connectivity index (χ3v) is 6.53. The van der Waals surface area contributed by atoms with Gasteiger partial charge in [0.15, 0.2) is 5.78 Å². The second-order valence-electron chi connectivity index (χ2n) is 9.09. The molecule has 185 valence electrons. The molecule has 0 aliphatic rings. The third kappa shape index (κ3) is 7.96. The minimum atomic E-state index is -0.125. The Morgan fingerprint density at radius 2 is 1.66 bits per heavy atom. The summed E-state index contributed by atoms with van der Waals surface area (Å²) in [5.74, 6) is 0.991. The van der Waals surface area contributed by atoms with Crippen LogP contribution in [0, 0.1) is 6.07 Å². The van der Waals surface area contributed by atoms with E-state index in [-0.39, 0.29) is 31.6 Å². The minimum Gasteiger partial charge on any atom is -0.512 e. The maximum Gasteiger partial charge on any atom is 0.155 e. The van der Waals surface area contributed by atoms with Gasteiger partial charge in [-0.25, -0.2) is 0 Å². The van der Waals surface area contributed by atoms with Crippen molar-refractivity contribution in [2.45, 2.75) is 53.4 Å². The van der Waals surface area contributed by atoms with Crippen molar-refractivity contribution in [3.63, 3.8) is 0 Å². The maximum absolute atomic E-state index is 10.0. The Bertz CT molecular complexity index is 1280. The van der Waals surface area contributed by atoms with Crippen LogP contribution in [0.4, 0.5) is 0 Å². The topological polar surface area (TPSA) is 50.2 Å². The Hall–Kier alpha value is -2.59. The fourth-order valence-corrected chi connectivity index (χ4v) is 4.57. The van der Waals surface area contributed by atoms with Crippen molar-refractivity contribution in [2.24, 2.45) is 0 Å². The molecule has 0 aliphatic carbocycles. The van der Waals surface area contributed by atoms with Crippen LogP contribution >= 0.6 is 11.3 Å². The molecule has 0 saturated carbocycles. The van der Waals surface area contributed by atoms with Gasteiger partial charge in [-0.3, -0.25) is 4.79 Å². The quantitative estimate of drug-likeness (QED) is 0.132. The Morgan fingerprint density at radius 1 is 1.00 bits per heavy atom. The van der Waals surface area contributed by atoms with E-state index in [1.54, 1.807) is 0 Å². The van der Waals surface area contributed by atoms with Crippen molar-refractivity contribution >= 4 is 27.2 Å². The summed E-state index contributed by atoms with van der Waals surface area (Å²) in [4.78, 5) is 16.0. The number of aromatic nitrogens is 1. The number of carbonyl (C=O) groups excluding carboxylic acids is 1. The monoisotopic (exact) mass is 663 g/mol. The van der Waals surface area contributed by atoms with Crippen molar-refractivity contribution in [1.82, 2.24) is 4.98 Å². The number of aliphatic hydroxyl groups excluding tert-OH is 1. The molecular formula is C30H32IrNO2S-. The summed E-state index contributed by atoms with van der Waals surface area (Å²) in [6, 6.07) is 22.8. The molecule has 0 saturated heterocycles. The smallest absolute Gasteiger partial charge is 0.155 e. The molecule has 5 heteroatoms. The summed E-state index contributed by atoms with van der Waals surface area (Å²) in [6.45, 7) is 11.9. The first-order valence-electron chi connectivity index (χ1n) is 11.5. The standard InChI is InChI=1S/C25H24NS.C5H8O2.Ir/c1-16(2)19-10-20(17(3)4)12-21(11-19)24-14-22-13-23(26-15-25(22)27-24)18-8-6-5-7-9-18;1-4(6)3-5(2)7;/h5-8,10-17H,1-4H3;3,6H,1-2H3;/q-1;;/b;4-3-;. The summed E-state index contributed by atoms with van der Waals surface area (Å²) in [5, 5.41) is 9.61. The number of allylic oxidation sites excluding steroid dienone is 2. The summed E-state index contributed by atoms with van der Waals surface area (Å²) in [6.07, 6.45) is 3.16. The number of benzene rings is 2. The van der Waals surface area contributed by atoms with Gasteiger partial charge < -0.3 is 10.1 Å². The Labute approximate surface area is 226 Å². The first kappa shape index (κ1) is 28.6. The van der Waals surface area contributed by atoms with Gasteiger partial charge in [0.25, 0.3) is 0 Å². The molecule has 2 heterocycles. The summed E-state index contributed by atoms with van der Waals surface area (Å²) in [7, 11) is 0. The Kier molecular flexibility index (Phi) is 10.6. The van der Waals surface area contributed by atoms with E-state index in [1.807, 2.05) is 35.7 Å². The van der Waals surface area contributed by atoms with Crippen LogP contribution in [0.25, 0.3) is 31.8 Å². The number of pyridine rings is 1. The second kappa shape index (κ2) is 12.9. The third-order valence-electron chi connectivity index (χ3n) is 5.40. The number of nitrogens with zero attached hydrogens (tertiary/aromatic N) is 1. The molecule has 0 fully saturated rings. The van der Waals surface area contributed by atoms with Crippen molar-refractivity contribution in [1.29, 1.82) is 0 Å². The molecule has 1 N–H and O–H groups in total. The van der Waals surface area contributed by atoms with E-state index in [9.17, 15) is 4.79 Å². The van der Waals surface area contributed by atoms with Gasteiger partial charge in [0.2, 0.25) is 0 Å². The molecule has 0 bridgehead atoms. The zero-order valence-corrected chi connectivity index (χ0v) is 24.3. The van der Waals surface area contributed by atoms with Crippen LogP contribution in [0.3, 0.4) is 0 Å². The molecule has 1 radical (unpaired) electrons. The molecule has 4 aromatic rings. The summed E-state index contributed by atoms with van der Waals surface area (Å²) >= 11 is 1.82. The summed E-state index contributed by atoms with van der Waals surface area (Å²) in [5.41, 5.74) is 6.15. The molecule has 4 rings (SSSR count). The Morgan fingerprint density at radius 3 is 2.14 bits per heavy atom. The number of aliphatic hydroxyl groups is 1. The van der Waals surface area contributed by atoms with Crippen LogP contribution in [0.15, 0.2) is 72.6 Å². The van der Waals surface area contributed by atoms with Gasteiger partial charge in [0.05, 0.1) is 10.5 Å². The molecule has 0 atom stereocenters. The molecule has 2 aromatic carbocycles. The molecule has 0 spiro atoms. The number of hydrogen-bond donors (Lipinski definition) is 1. The average Bonchev–Trinajstić information content (AvgIpc) is 3.22. The van der Waals surface area contributed by atoms with Crippen molar-refractivity contribution in [2.75, 3.05) is 0 Å². The Balaban J connectivity index is 0.000000476. The largest absolute Gasteiger partial charge is 0.512 e. The van der Waals surface area contributed by atoms with Crippen LogP contribution in [-0.4, -0.2) is 15.9 Å². The van der Waals surface area contributed by atoms with Gasteiger partial charge in [-0.1, -0.05) is 52.0 Å². The van der Waals surface area contributed by atoms with Gasteiger partial charge in [-0.2, -0.15) is 0 Å². The van der Waals surface area contributed by atoms with E-state index in [0.29, 0.717) is 11.8 Å². The van der Waals surface area contributed by atoms with Gasteiger partial charge in [-0.05, 0) is 59.5 Å². The van der Waals surface area contributed by atoms with Crippen LogP contribution in [0.1, 0.15) is 64.5 Å². The zero-order valence-electron chi connectivity index (χ0n) is 21.0. The molecular weight excluding hydrogens is 631 g/mol. The normalized spacial score (nSPS) is 11.3. The first-order chi connectivity index (χ1) is 16.1. The second-order valence-corrected chi connectivity index (χ2v) is 10.2. The molecule has 2 aromatic heterocycles. The van der Waals surface area contributed by atoms with E-state index in [1.165, 1.54) is 51.6 Å². The molecule has 0 amide bonds. The fourth-order valence-electron chi connectivity index (χ4n) is 3.57. The van der Waals surface area contributed by atoms with E-state index in [4.69, 9.17) is 5.11 Å². The fraction of sp³-hybridized carbons (Fsp3) is 0.267. The average molecular weight is 663 g/mol. The van der Waals surface area contributed by atoms with Gasteiger partial charge in [0.1, 0.15) is 0 Å². The van der Waals surface area contributed by atoms with E-state index in [2.05, 4.69) is 75.1 Å². The van der Waals surface area contributed by atoms with Gasteiger partial charge in [0, 0.05) is 37.3 Å². The minimum absolute atomic E-state index is 0. The molecule has 3 nitrogen and oxygen atoms in total. The predicted molar refractivity (Wildman–Crippen MR) is 145 cm³/mol. The number of carbonyl (C=O) groups is 1. The van der Waals surface area contributed by atoms with Crippen LogP contribution in [0.5, 0.6) is 0 Å². The van der Waals surface area contributed by atoms with Crippen LogP contribution < -0.4 is 0 Å². The van der Waals surface area contributed by atoms with E-state index in [0.717, 1.165) is 11.3 Å². The van der Waals surface area contributed by atoms with Crippen molar-refractivity contribution in [3.05, 3.63) is 89.8 Å². The number of thiophene rings is 1.